The minimum absolute atomic E-state index is 0.0902. The standard InChI is InChI=1S/C15H11Cl2NO2S/c16-12-3-1-11(2-4-12)9-15(10-18)21(19,20)14-7-5-13(17)6-8-14/h1-8,15H,9H2/t15-/m1/s1. The van der Waals surface area contributed by atoms with E-state index < -0.39 is 15.1 Å². The summed E-state index contributed by atoms with van der Waals surface area (Å²) in [7, 11) is -3.73. The van der Waals surface area contributed by atoms with Crippen molar-refractivity contribution in [2.24, 2.45) is 0 Å². The zero-order chi connectivity index (χ0) is 15.5. The van der Waals surface area contributed by atoms with Crippen molar-refractivity contribution in [1.29, 1.82) is 5.26 Å². The van der Waals surface area contributed by atoms with Crippen molar-refractivity contribution in [1.82, 2.24) is 0 Å². The SMILES string of the molecule is N#C[C@@H](Cc1ccc(Cl)cc1)S(=O)(=O)c1ccc(Cl)cc1. The summed E-state index contributed by atoms with van der Waals surface area (Å²) >= 11 is 11.5. The van der Waals surface area contributed by atoms with Gasteiger partial charge >= 0.3 is 0 Å². The number of nitrogens with zero attached hydrogens (tertiary/aromatic N) is 1. The first kappa shape index (κ1) is 15.8. The quantitative estimate of drug-likeness (QED) is 0.848. The molecule has 0 heterocycles. The molecule has 2 aromatic carbocycles. The van der Waals surface area contributed by atoms with Gasteiger partial charge in [0.1, 0.15) is 0 Å². The number of rotatable bonds is 4. The van der Waals surface area contributed by atoms with Crippen LogP contribution in [0.4, 0.5) is 0 Å². The second kappa shape index (κ2) is 6.48. The largest absolute Gasteiger partial charge is 0.222 e. The fourth-order valence-corrected chi connectivity index (χ4v) is 3.49. The predicted octanol–water partition coefficient (Wildman–Crippen LogP) is 3.90. The van der Waals surface area contributed by atoms with Gasteiger partial charge in [-0.2, -0.15) is 5.26 Å². The lowest BCUT2D eigenvalue weighted by Gasteiger charge is -2.11. The zero-order valence-electron chi connectivity index (χ0n) is 10.8. The number of hydrogen-bond donors (Lipinski definition) is 0. The number of nitriles is 1. The summed E-state index contributed by atoms with van der Waals surface area (Å²) in [6, 6.07) is 14.4. The van der Waals surface area contributed by atoms with Crippen LogP contribution in [-0.4, -0.2) is 13.7 Å². The van der Waals surface area contributed by atoms with Crippen LogP contribution in [0.25, 0.3) is 0 Å². The van der Waals surface area contributed by atoms with E-state index in [0.717, 1.165) is 5.56 Å². The van der Waals surface area contributed by atoms with E-state index >= 15 is 0 Å². The van der Waals surface area contributed by atoms with Crippen molar-refractivity contribution in [3.05, 3.63) is 64.1 Å². The molecular formula is C15H11Cl2NO2S. The fourth-order valence-electron chi connectivity index (χ4n) is 1.85. The van der Waals surface area contributed by atoms with Gasteiger partial charge in [-0.25, -0.2) is 8.42 Å². The molecule has 0 aliphatic heterocycles. The highest BCUT2D eigenvalue weighted by Gasteiger charge is 2.27. The van der Waals surface area contributed by atoms with Crippen molar-refractivity contribution in [2.75, 3.05) is 0 Å². The highest BCUT2D eigenvalue weighted by Crippen LogP contribution is 2.21. The third-order valence-corrected chi connectivity index (χ3v) is 5.45. The summed E-state index contributed by atoms with van der Waals surface area (Å²) in [5.41, 5.74) is 0.739. The third kappa shape index (κ3) is 3.76. The zero-order valence-corrected chi connectivity index (χ0v) is 13.2. The predicted molar refractivity (Wildman–Crippen MR) is 83.2 cm³/mol. The summed E-state index contributed by atoms with van der Waals surface area (Å²) in [6.07, 6.45) is 0.110. The summed E-state index contributed by atoms with van der Waals surface area (Å²) in [4.78, 5) is 0.0902. The van der Waals surface area contributed by atoms with Crippen LogP contribution in [-0.2, 0) is 16.3 Å². The van der Waals surface area contributed by atoms with Gasteiger partial charge < -0.3 is 0 Å². The van der Waals surface area contributed by atoms with Gasteiger partial charge in [-0.3, -0.25) is 0 Å². The second-order valence-electron chi connectivity index (χ2n) is 4.45. The molecule has 0 bridgehead atoms. The Hall–Kier alpha value is -1.54. The van der Waals surface area contributed by atoms with Crippen molar-refractivity contribution in [3.63, 3.8) is 0 Å². The Morgan fingerprint density at radius 1 is 0.952 bits per heavy atom. The Labute approximate surface area is 133 Å². The minimum atomic E-state index is -3.73. The van der Waals surface area contributed by atoms with Crippen LogP contribution in [0.2, 0.25) is 10.0 Å². The second-order valence-corrected chi connectivity index (χ2v) is 7.45. The Morgan fingerprint density at radius 2 is 1.43 bits per heavy atom. The lowest BCUT2D eigenvalue weighted by molar-refractivity contribution is 0.588. The molecule has 2 rings (SSSR count). The molecule has 21 heavy (non-hydrogen) atoms. The van der Waals surface area contributed by atoms with E-state index in [2.05, 4.69) is 0 Å². The van der Waals surface area contributed by atoms with Crippen LogP contribution in [0.15, 0.2) is 53.4 Å². The van der Waals surface area contributed by atoms with E-state index in [9.17, 15) is 13.7 Å². The van der Waals surface area contributed by atoms with Gasteiger partial charge in [0.05, 0.1) is 11.0 Å². The van der Waals surface area contributed by atoms with Gasteiger partial charge in [0.15, 0.2) is 15.1 Å². The molecule has 0 unspecified atom stereocenters. The molecule has 0 aliphatic carbocycles. The Balaban J connectivity index is 2.30. The molecule has 3 nitrogen and oxygen atoms in total. The Bertz CT molecular complexity index is 763. The van der Waals surface area contributed by atoms with Gasteiger partial charge in [0.25, 0.3) is 0 Å². The first-order valence-electron chi connectivity index (χ1n) is 6.07. The van der Waals surface area contributed by atoms with Gasteiger partial charge in [0.2, 0.25) is 0 Å². The van der Waals surface area contributed by atoms with Gasteiger partial charge in [0, 0.05) is 16.5 Å². The minimum Gasteiger partial charge on any atom is -0.222 e. The molecule has 0 N–H and O–H groups in total. The fraction of sp³-hybridized carbons (Fsp3) is 0.133. The number of sulfone groups is 1. The topological polar surface area (TPSA) is 57.9 Å². The molecule has 0 spiro atoms. The molecule has 0 amide bonds. The molecule has 1 atom stereocenters. The average Bonchev–Trinajstić information content (AvgIpc) is 2.47. The maximum atomic E-state index is 12.5. The van der Waals surface area contributed by atoms with Crippen LogP contribution in [0.1, 0.15) is 5.56 Å². The lowest BCUT2D eigenvalue weighted by atomic mass is 10.1. The van der Waals surface area contributed by atoms with Crippen LogP contribution in [0.3, 0.4) is 0 Å². The molecule has 0 saturated heterocycles. The van der Waals surface area contributed by atoms with Crippen molar-refractivity contribution in [2.45, 2.75) is 16.6 Å². The Kier molecular flexibility index (Phi) is 4.89. The number of halogens is 2. The molecule has 0 saturated carbocycles. The van der Waals surface area contributed by atoms with Crippen LogP contribution in [0.5, 0.6) is 0 Å². The van der Waals surface area contributed by atoms with Gasteiger partial charge in [-0.1, -0.05) is 35.3 Å². The molecule has 0 radical (unpaired) electrons. The van der Waals surface area contributed by atoms with E-state index in [-0.39, 0.29) is 11.3 Å². The molecule has 2 aromatic rings. The van der Waals surface area contributed by atoms with E-state index in [1.165, 1.54) is 24.3 Å². The average molecular weight is 340 g/mol. The molecule has 6 heteroatoms. The van der Waals surface area contributed by atoms with E-state index in [1.807, 2.05) is 6.07 Å². The van der Waals surface area contributed by atoms with E-state index in [4.69, 9.17) is 23.2 Å². The molecular weight excluding hydrogens is 329 g/mol. The van der Waals surface area contributed by atoms with Gasteiger partial charge in [-0.05, 0) is 42.0 Å². The number of benzene rings is 2. The summed E-state index contributed by atoms with van der Waals surface area (Å²) < 4.78 is 24.9. The highest BCUT2D eigenvalue weighted by molar-refractivity contribution is 7.92. The van der Waals surface area contributed by atoms with Crippen LogP contribution in [0, 0.1) is 11.3 Å². The smallest absolute Gasteiger partial charge is 0.194 e. The first-order valence-corrected chi connectivity index (χ1v) is 8.37. The third-order valence-electron chi connectivity index (χ3n) is 3.00. The van der Waals surface area contributed by atoms with Crippen molar-refractivity contribution in [3.8, 4) is 6.07 Å². The Morgan fingerprint density at radius 3 is 1.90 bits per heavy atom. The van der Waals surface area contributed by atoms with E-state index in [0.29, 0.717) is 10.0 Å². The monoisotopic (exact) mass is 339 g/mol. The highest BCUT2D eigenvalue weighted by atomic mass is 35.5. The maximum absolute atomic E-state index is 12.5. The lowest BCUT2D eigenvalue weighted by Crippen LogP contribution is -2.22. The van der Waals surface area contributed by atoms with Gasteiger partial charge in [-0.15, -0.1) is 0 Å². The molecule has 0 fully saturated rings. The van der Waals surface area contributed by atoms with Crippen molar-refractivity contribution < 1.29 is 8.42 Å². The van der Waals surface area contributed by atoms with E-state index in [1.54, 1.807) is 24.3 Å². The number of hydrogen-bond acceptors (Lipinski definition) is 3. The molecule has 0 aliphatic rings. The van der Waals surface area contributed by atoms with Crippen LogP contribution < -0.4 is 0 Å². The summed E-state index contributed by atoms with van der Waals surface area (Å²) in [5, 5.41) is 9.07. The summed E-state index contributed by atoms with van der Waals surface area (Å²) in [5.74, 6) is 0. The molecule has 108 valence electrons. The van der Waals surface area contributed by atoms with Crippen LogP contribution >= 0.6 is 23.2 Å². The normalized spacial score (nSPS) is 12.6. The summed E-state index contributed by atoms with van der Waals surface area (Å²) in [6.45, 7) is 0. The first-order chi connectivity index (χ1) is 9.93. The molecule has 0 aromatic heterocycles. The maximum Gasteiger partial charge on any atom is 0.194 e. The van der Waals surface area contributed by atoms with Crippen molar-refractivity contribution >= 4 is 33.0 Å².